The molecule has 5 nitrogen and oxygen atoms in total. The first-order valence-corrected chi connectivity index (χ1v) is 8.63. The molecule has 0 fully saturated rings. The van der Waals surface area contributed by atoms with Gasteiger partial charge in [0, 0.05) is 17.2 Å². The second kappa shape index (κ2) is 6.21. The van der Waals surface area contributed by atoms with Gasteiger partial charge in [0.25, 0.3) is 10.0 Å². The number of sulfonamides is 1. The molecule has 2 rings (SSSR count). The van der Waals surface area contributed by atoms with E-state index in [1.54, 1.807) is 24.3 Å². The van der Waals surface area contributed by atoms with Gasteiger partial charge in [-0.25, -0.2) is 13.4 Å². The van der Waals surface area contributed by atoms with E-state index in [1.165, 1.54) is 12.3 Å². The van der Waals surface area contributed by atoms with Crippen LogP contribution in [0.1, 0.15) is 5.56 Å². The number of pyridine rings is 1. The minimum atomic E-state index is -3.74. The zero-order valence-electron chi connectivity index (χ0n) is 10.2. The van der Waals surface area contributed by atoms with Crippen molar-refractivity contribution in [1.29, 1.82) is 0 Å². The zero-order chi connectivity index (χ0) is 14.8. The zero-order valence-corrected chi connectivity index (χ0v) is 14.2. The number of benzene rings is 1. The summed E-state index contributed by atoms with van der Waals surface area (Å²) in [6, 6.07) is 8.36. The number of anilines is 1. The van der Waals surface area contributed by atoms with Gasteiger partial charge in [-0.2, -0.15) is 0 Å². The van der Waals surface area contributed by atoms with E-state index in [2.05, 4.69) is 41.6 Å². The van der Waals surface area contributed by atoms with Crippen molar-refractivity contribution in [1.82, 2.24) is 4.98 Å². The van der Waals surface area contributed by atoms with Crippen LogP contribution in [0.25, 0.3) is 0 Å². The van der Waals surface area contributed by atoms with Crippen LogP contribution in [0.2, 0.25) is 0 Å². The van der Waals surface area contributed by atoms with Gasteiger partial charge in [-0.05, 0) is 61.7 Å². The average molecular weight is 421 g/mol. The molecule has 0 saturated heterocycles. The normalized spacial score (nSPS) is 11.3. The highest BCUT2D eigenvalue weighted by Gasteiger charge is 2.19. The molecule has 1 aromatic carbocycles. The van der Waals surface area contributed by atoms with E-state index in [9.17, 15) is 8.42 Å². The highest BCUT2D eigenvalue weighted by atomic mass is 79.9. The lowest BCUT2D eigenvalue weighted by atomic mass is 10.2. The number of nitrogens with one attached hydrogen (secondary N) is 1. The summed E-state index contributed by atoms with van der Waals surface area (Å²) in [5, 5.41) is 0. The maximum absolute atomic E-state index is 12.4. The summed E-state index contributed by atoms with van der Waals surface area (Å²) in [4.78, 5) is 4.11. The van der Waals surface area contributed by atoms with Crippen molar-refractivity contribution in [2.45, 2.75) is 11.4 Å². The van der Waals surface area contributed by atoms with Gasteiger partial charge in [0.05, 0.1) is 4.47 Å². The molecule has 0 aliphatic carbocycles. The molecule has 20 heavy (non-hydrogen) atoms. The topological polar surface area (TPSA) is 85.1 Å². The molecule has 0 aliphatic rings. The van der Waals surface area contributed by atoms with Gasteiger partial charge in [0.1, 0.15) is 4.90 Å². The van der Waals surface area contributed by atoms with Crippen LogP contribution in [0.15, 0.2) is 50.4 Å². The molecule has 1 heterocycles. The van der Waals surface area contributed by atoms with E-state index in [0.717, 1.165) is 5.56 Å². The molecule has 0 radical (unpaired) electrons. The molecule has 3 N–H and O–H groups in total. The summed E-state index contributed by atoms with van der Waals surface area (Å²) in [6.07, 6.45) is 1.51. The van der Waals surface area contributed by atoms with Crippen LogP contribution in [0.5, 0.6) is 0 Å². The van der Waals surface area contributed by atoms with Crippen molar-refractivity contribution in [2.75, 3.05) is 4.72 Å². The van der Waals surface area contributed by atoms with Crippen LogP contribution in [0.4, 0.5) is 5.82 Å². The Balaban J connectivity index is 2.43. The fourth-order valence-electron chi connectivity index (χ4n) is 1.52. The molecular weight excluding hydrogens is 410 g/mol. The second-order valence-electron chi connectivity index (χ2n) is 3.91. The Bertz CT molecular complexity index is 735. The number of aromatic nitrogens is 1. The molecule has 0 aliphatic heterocycles. The lowest BCUT2D eigenvalue weighted by molar-refractivity contribution is 0.600. The average Bonchev–Trinajstić information content (AvgIpc) is 2.41. The van der Waals surface area contributed by atoms with Gasteiger partial charge in [0.15, 0.2) is 5.82 Å². The number of nitrogens with zero attached hydrogens (tertiary/aromatic N) is 1. The summed E-state index contributed by atoms with van der Waals surface area (Å²) in [6.45, 7) is 0.267. The smallest absolute Gasteiger partial charge is 0.264 e. The maximum atomic E-state index is 12.4. The van der Waals surface area contributed by atoms with Gasteiger partial charge in [-0.1, -0.05) is 6.07 Å². The third-order valence-electron chi connectivity index (χ3n) is 2.51. The maximum Gasteiger partial charge on any atom is 0.264 e. The molecule has 106 valence electrons. The van der Waals surface area contributed by atoms with Crippen molar-refractivity contribution in [3.8, 4) is 0 Å². The van der Waals surface area contributed by atoms with Gasteiger partial charge in [-0.3, -0.25) is 4.72 Å². The predicted molar refractivity (Wildman–Crippen MR) is 84.8 cm³/mol. The Hall–Kier alpha value is -0.960. The lowest BCUT2D eigenvalue weighted by Gasteiger charge is -2.11. The number of rotatable bonds is 4. The van der Waals surface area contributed by atoms with E-state index in [1.807, 2.05) is 0 Å². The van der Waals surface area contributed by atoms with Crippen LogP contribution in [-0.4, -0.2) is 13.4 Å². The standard InChI is InChI=1S/C12H11Br2N3O2S/c13-9-4-3-8(7-15)6-11(9)20(18,19)17-12-10(14)2-1-5-16-12/h1-6H,7,15H2,(H,16,17). The van der Waals surface area contributed by atoms with Gasteiger partial charge in [0.2, 0.25) is 0 Å². The fourth-order valence-corrected chi connectivity index (χ4v) is 4.05. The van der Waals surface area contributed by atoms with Crippen molar-refractivity contribution in [3.05, 3.63) is 51.0 Å². The monoisotopic (exact) mass is 419 g/mol. The van der Waals surface area contributed by atoms with Gasteiger partial charge in [-0.15, -0.1) is 0 Å². The SMILES string of the molecule is NCc1ccc(Br)c(S(=O)(=O)Nc2ncccc2Br)c1. The Morgan fingerprint density at radius 1 is 1.20 bits per heavy atom. The lowest BCUT2D eigenvalue weighted by Crippen LogP contribution is -2.15. The van der Waals surface area contributed by atoms with Crippen molar-refractivity contribution < 1.29 is 8.42 Å². The Labute approximate surface area is 133 Å². The van der Waals surface area contributed by atoms with E-state index in [0.29, 0.717) is 8.95 Å². The molecule has 0 spiro atoms. The van der Waals surface area contributed by atoms with Crippen LogP contribution >= 0.6 is 31.9 Å². The molecule has 8 heteroatoms. The number of nitrogens with two attached hydrogens (primary N) is 1. The fraction of sp³-hybridized carbons (Fsp3) is 0.0833. The number of hydrogen-bond acceptors (Lipinski definition) is 4. The van der Waals surface area contributed by atoms with E-state index < -0.39 is 10.0 Å². The molecule has 1 aromatic heterocycles. The first-order valence-electron chi connectivity index (χ1n) is 5.56. The highest BCUT2D eigenvalue weighted by molar-refractivity contribution is 9.11. The minimum Gasteiger partial charge on any atom is -0.326 e. The third kappa shape index (κ3) is 3.38. The highest BCUT2D eigenvalue weighted by Crippen LogP contribution is 2.27. The summed E-state index contributed by atoms with van der Waals surface area (Å²) in [5.41, 5.74) is 6.27. The van der Waals surface area contributed by atoms with Crippen LogP contribution in [0, 0.1) is 0 Å². The Kier molecular flexibility index (Phi) is 4.79. The predicted octanol–water partition coefficient (Wildman–Crippen LogP) is 2.87. The third-order valence-corrected chi connectivity index (χ3v) is 5.48. The van der Waals surface area contributed by atoms with Crippen LogP contribution in [0.3, 0.4) is 0 Å². The van der Waals surface area contributed by atoms with Crippen LogP contribution < -0.4 is 10.5 Å². The van der Waals surface area contributed by atoms with Crippen LogP contribution in [-0.2, 0) is 16.6 Å². The molecule has 0 atom stereocenters. The van der Waals surface area contributed by atoms with Crippen molar-refractivity contribution >= 4 is 47.7 Å². The molecular formula is C12H11Br2N3O2S. The first-order chi connectivity index (χ1) is 9.44. The summed E-state index contributed by atoms with van der Waals surface area (Å²) in [5.74, 6) is 0.234. The number of hydrogen-bond donors (Lipinski definition) is 2. The van der Waals surface area contributed by atoms with E-state index >= 15 is 0 Å². The van der Waals surface area contributed by atoms with Crippen molar-refractivity contribution in [2.24, 2.45) is 5.73 Å². The number of halogens is 2. The quantitative estimate of drug-likeness (QED) is 0.796. The Morgan fingerprint density at radius 2 is 1.95 bits per heavy atom. The van der Waals surface area contributed by atoms with E-state index in [4.69, 9.17) is 5.73 Å². The molecule has 2 aromatic rings. The second-order valence-corrected chi connectivity index (χ2v) is 7.27. The first kappa shape index (κ1) is 15.4. The molecule has 0 bridgehead atoms. The summed E-state index contributed by atoms with van der Waals surface area (Å²) in [7, 11) is -3.74. The summed E-state index contributed by atoms with van der Waals surface area (Å²) < 4.78 is 28.3. The van der Waals surface area contributed by atoms with Crippen molar-refractivity contribution in [3.63, 3.8) is 0 Å². The molecule has 0 amide bonds. The molecule has 0 saturated carbocycles. The molecule has 0 unspecified atom stereocenters. The Morgan fingerprint density at radius 3 is 2.60 bits per heavy atom. The largest absolute Gasteiger partial charge is 0.326 e. The summed E-state index contributed by atoms with van der Waals surface area (Å²) >= 11 is 6.48. The van der Waals surface area contributed by atoms with Gasteiger partial charge < -0.3 is 5.73 Å². The van der Waals surface area contributed by atoms with Gasteiger partial charge >= 0.3 is 0 Å². The van der Waals surface area contributed by atoms with E-state index in [-0.39, 0.29) is 17.3 Å². The minimum absolute atomic E-state index is 0.123.